The van der Waals surface area contributed by atoms with Gasteiger partial charge in [-0.25, -0.2) is 4.85 Å². The van der Waals surface area contributed by atoms with Crippen molar-refractivity contribution >= 4 is 5.69 Å². The molecule has 1 aliphatic rings. The molecule has 2 nitrogen and oxygen atoms in total. The quantitative estimate of drug-likeness (QED) is 0.445. The predicted octanol–water partition coefficient (Wildman–Crippen LogP) is 2.70. The standard InChI is InChI=1S/C12H10N2/c1-9-11(6-5-10-3-4-10)7-12(13-2)8-14-9/h7-8,10H,3-4H2,1H3. The summed E-state index contributed by atoms with van der Waals surface area (Å²) >= 11 is 0. The van der Waals surface area contributed by atoms with Crippen molar-refractivity contribution in [3.63, 3.8) is 0 Å². The second-order valence-corrected chi connectivity index (χ2v) is 3.48. The number of pyridine rings is 1. The number of hydrogen-bond acceptors (Lipinski definition) is 1. The molecule has 0 unspecified atom stereocenters. The van der Waals surface area contributed by atoms with Crippen molar-refractivity contribution < 1.29 is 0 Å². The van der Waals surface area contributed by atoms with Gasteiger partial charge in [-0.2, -0.15) is 0 Å². The lowest BCUT2D eigenvalue weighted by Gasteiger charge is -1.96. The van der Waals surface area contributed by atoms with Crippen LogP contribution in [-0.2, 0) is 0 Å². The lowest BCUT2D eigenvalue weighted by Crippen LogP contribution is -1.85. The van der Waals surface area contributed by atoms with Gasteiger partial charge in [0.15, 0.2) is 0 Å². The van der Waals surface area contributed by atoms with Gasteiger partial charge >= 0.3 is 0 Å². The summed E-state index contributed by atoms with van der Waals surface area (Å²) in [6.45, 7) is 8.80. The fourth-order valence-corrected chi connectivity index (χ4v) is 1.12. The van der Waals surface area contributed by atoms with Gasteiger partial charge < -0.3 is 0 Å². The maximum atomic E-state index is 6.88. The predicted molar refractivity (Wildman–Crippen MR) is 54.8 cm³/mol. The van der Waals surface area contributed by atoms with Crippen LogP contribution in [0.3, 0.4) is 0 Å². The van der Waals surface area contributed by atoms with Gasteiger partial charge in [-0.1, -0.05) is 11.8 Å². The molecule has 1 saturated carbocycles. The molecule has 0 N–H and O–H groups in total. The Labute approximate surface area is 83.8 Å². The van der Waals surface area contributed by atoms with Gasteiger partial charge in [0.05, 0.1) is 12.3 Å². The van der Waals surface area contributed by atoms with E-state index in [0.29, 0.717) is 11.6 Å². The molecule has 2 rings (SSSR count). The molecule has 0 amide bonds. The van der Waals surface area contributed by atoms with Crippen molar-refractivity contribution in [2.75, 3.05) is 0 Å². The van der Waals surface area contributed by atoms with Crippen LogP contribution >= 0.6 is 0 Å². The molecule has 1 heterocycles. The number of aryl methyl sites for hydroxylation is 1. The maximum Gasteiger partial charge on any atom is 0.206 e. The summed E-state index contributed by atoms with van der Waals surface area (Å²) < 4.78 is 0. The van der Waals surface area contributed by atoms with Crippen molar-refractivity contribution in [3.05, 3.63) is 34.9 Å². The number of rotatable bonds is 0. The SMILES string of the molecule is [C-]#[N+]c1cnc(C)c(C#CC2CC2)c1. The molecule has 2 heteroatoms. The molecule has 1 aliphatic carbocycles. The zero-order chi connectivity index (χ0) is 9.97. The number of aromatic nitrogens is 1. The lowest BCUT2D eigenvalue weighted by molar-refractivity contribution is 1.17. The summed E-state index contributed by atoms with van der Waals surface area (Å²) in [7, 11) is 0. The van der Waals surface area contributed by atoms with Crippen LogP contribution in [0.1, 0.15) is 24.1 Å². The van der Waals surface area contributed by atoms with E-state index in [-0.39, 0.29) is 0 Å². The summed E-state index contributed by atoms with van der Waals surface area (Å²) in [4.78, 5) is 7.47. The fraction of sp³-hybridized carbons (Fsp3) is 0.333. The largest absolute Gasteiger partial charge is 0.272 e. The minimum absolute atomic E-state index is 0.565. The maximum absolute atomic E-state index is 6.88. The fourth-order valence-electron chi connectivity index (χ4n) is 1.12. The number of nitrogens with zero attached hydrogens (tertiary/aromatic N) is 2. The average molecular weight is 182 g/mol. The van der Waals surface area contributed by atoms with Crippen LogP contribution in [0.2, 0.25) is 0 Å². The minimum Gasteiger partial charge on any atom is -0.272 e. The third kappa shape index (κ3) is 1.92. The third-order valence-corrected chi connectivity index (χ3v) is 2.19. The second kappa shape index (κ2) is 3.52. The minimum atomic E-state index is 0.565. The Bertz CT molecular complexity index is 453. The molecule has 68 valence electrons. The van der Waals surface area contributed by atoms with Gasteiger partial charge in [0.1, 0.15) is 0 Å². The van der Waals surface area contributed by atoms with E-state index in [2.05, 4.69) is 21.7 Å². The molecular weight excluding hydrogens is 172 g/mol. The summed E-state index contributed by atoms with van der Waals surface area (Å²) in [6.07, 6.45) is 4.04. The Kier molecular flexibility index (Phi) is 2.21. The Hall–Kier alpha value is -1.80. The Morgan fingerprint density at radius 1 is 1.57 bits per heavy atom. The molecule has 1 aromatic rings. The molecule has 0 aliphatic heterocycles. The first-order chi connectivity index (χ1) is 6.79. The van der Waals surface area contributed by atoms with Crippen molar-refractivity contribution in [2.24, 2.45) is 5.92 Å². The molecule has 0 spiro atoms. The van der Waals surface area contributed by atoms with E-state index in [1.165, 1.54) is 12.8 Å². The Morgan fingerprint density at radius 3 is 3.00 bits per heavy atom. The molecular formula is C12H10N2. The number of hydrogen-bond donors (Lipinski definition) is 0. The third-order valence-electron chi connectivity index (χ3n) is 2.19. The molecule has 0 radical (unpaired) electrons. The van der Waals surface area contributed by atoms with Gasteiger partial charge in [0.25, 0.3) is 0 Å². The molecule has 1 aromatic heterocycles. The van der Waals surface area contributed by atoms with E-state index in [4.69, 9.17) is 6.57 Å². The van der Waals surface area contributed by atoms with Crippen molar-refractivity contribution in [3.8, 4) is 11.8 Å². The van der Waals surface area contributed by atoms with E-state index in [9.17, 15) is 0 Å². The molecule has 0 aromatic carbocycles. The van der Waals surface area contributed by atoms with Gasteiger partial charge in [-0.3, -0.25) is 4.98 Å². The smallest absolute Gasteiger partial charge is 0.206 e. The molecule has 0 saturated heterocycles. The van der Waals surface area contributed by atoms with Crippen LogP contribution < -0.4 is 0 Å². The van der Waals surface area contributed by atoms with Crippen LogP contribution in [0.25, 0.3) is 4.85 Å². The Balaban J connectivity index is 2.32. The highest BCUT2D eigenvalue weighted by Crippen LogP contribution is 2.27. The van der Waals surface area contributed by atoms with Gasteiger partial charge in [-0.05, 0) is 25.8 Å². The first kappa shape index (κ1) is 8.78. The van der Waals surface area contributed by atoms with Crippen LogP contribution in [0.4, 0.5) is 5.69 Å². The van der Waals surface area contributed by atoms with Crippen LogP contribution in [0.5, 0.6) is 0 Å². The summed E-state index contributed by atoms with van der Waals surface area (Å²) in [5.41, 5.74) is 2.37. The topological polar surface area (TPSA) is 17.2 Å². The van der Waals surface area contributed by atoms with Crippen molar-refractivity contribution in [2.45, 2.75) is 19.8 Å². The monoisotopic (exact) mass is 182 g/mol. The zero-order valence-corrected chi connectivity index (χ0v) is 8.04. The molecule has 14 heavy (non-hydrogen) atoms. The van der Waals surface area contributed by atoms with E-state index < -0.39 is 0 Å². The van der Waals surface area contributed by atoms with Crippen molar-refractivity contribution in [1.82, 2.24) is 4.98 Å². The van der Waals surface area contributed by atoms with Crippen molar-refractivity contribution in [1.29, 1.82) is 0 Å². The summed E-state index contributed by atoms with van der Waals surface area (Å²) in [5.74, 6) is 6.85. The normalized spacial score (nSPS) is 14.0. The van der Waals surface area contributed by atoms with E-state index >= 15 is 0 Å². The lowest BCUT2D eigenvalue weighted by atomic mass is 10.2. The van der Waals surface area contributed by atoms with Crippen LogP contribution in [0.15, 0.2) is 12.3 Å². The van der Waals surface area contributed by atoms with Gasteiger partial charge in [0, 0.05) is 17.7 Å². The average Bonchev–Trinajstić information content (AvgIpc) is 3.00. The van der Waals surface area contributed by atoms with Gasteiger partial charge in [0.2, 0.25) is 5.69 Å². The first-order valence-corrected chi connectivity index (χ1v) is 4.65. The molecule has 1 fully saturated rings. The first-order valence-electron chi connectivity index (χ1n) is 4.65. The van der Waals surface area contributed by atoms with Crippen LogP contribution in [-0.4, -0.2) is 4.98 Å². The molecule has 0 bridgehead atoms. The summed E-state index contributed by atoms with van der Waals surface area (Å²) in [6, 6.07) is 1.81. The van der Waals surface area contributed by atoms with E-state index in [1.807, 2.05) is 13.0 Å². The van der Waals surface area contributed by atoms with Gasteiger partial charge in [-0.15, -0.1) is 0 Å². The second-order valence-electron chi connectivity index (χ2n) is 3.48. The Morgan fingerprint density at radius 2 is 2.36 bits per heavy atom. The zero-order valence-electron chi connectivity index (χ0n) is 8.04. The highest BCUT2D eigenvalue weighted by molar-refractivity contribution is 5.51. The summed E-state index contributed by atoms with van der Waals surface area (Å²) in [5, 5.41) is 0. The molecule has 0 atom stereocenters. The van der Waals surface area contributed by atoms with E-state index in [1.54, 1.807) is 6.20 Å². The van der Waals surface area contributed by atoms with E-state index in [0.717, 1.165) is 11.3 Å². The van der Waals surface area contributed by atoms with Crippen LogP contribution in [0, 0.1) is 31.3 Å². The highest BCUT2D eigenvalue weighted by Gasteiger charge is 2.17. The highest BCUT2D eigenvalue weighted by atomic mass is 14.7.